The molecule has 0 atom stereocenters. The Kier molecular flexibility index (Phi) is 4.27. The molecule has 0 aliphatic rings. The molecule has 0 saturated heterocycles. The number of hydrogen-bond acceptors (Lipinski definition) is 5. The number of nitrogens with one attached hydrogen (secondary N) is 1. The quantitative estimate of drug-likeness (QED) is 0.777. The predicted molar refractivity (Wildman–Crippen MR) is 52.6 cm³/mol. The van der Waals surface area contributed by atoms with Gasteiger partial charge in [-0.2, -0.15) is 0 Å². The Balaban J connectivity index is 2.39. The fourth-order valence-corrected chi connectivity index (χ4v) is 1.60. The van der Waals surface area contributed by atoms with Crippen molar-refractivity contribution in [3.05, 3.63) is 10.0 Å². The van der Waals surface area contributed by atoms with Crippen LogP contribution in [0.25, 0.3) is 0 Å². The summed E-state index contributed by atoms with van der Waals surface area (Å²) in [5.74, 6) is 0. The second-order valence-corrected chi connectivity index (χ2v) is 4.20. The number of nitrogens with zero attached hydrogens (tertiary/aromatic N) is 2. The van der Waals surface area contributed by atoms with Gasteiger partial charge in [0.05, 0.1) is 6.61 Å². The van der Waals surface area contributed by atoms with Crippen molar-refractivity contribution in [3.63, 3.8) is 0 Å². The number of methoxy groups -OCH3 is 1. The lowest BCUT2D eigenvalue weighted by atomic mass is 10.4. The molecule has 0 aliphatic carbocycles. The van der Waals surface area contributed by atoms with Crippen LogP contribution in [-0.4, -0.2) is 23.3 Å². The molecular formula is C8H15N3OS. The molecule has 0 spiro atoms. The zero-order valence-corrected chi connectivity index (χ0v) is 9.02. The van der Waals surface area contributed by atoms with Gasteiger partial charge in [-0.15, -0.1) is 10.2 Å². The van der Waals surface area contributed by atoms with Gasteiger partial charge in [-0.25, -0.2) is 0 Å². The maximum Gasteiger partial charge on any atom is 0.143 e. The molecule has 0 aliphatic heterocycles. The Labute approximate surface area is 82.3 Å². The van der Waals surface area contributed by atoms with Gasteiger partial charge in [0.1, 0.15) is 10.0 Å². The van der Waals surface area contributed by atoms with E-state index in [2.05, 4.69) is 29.4 Å². The summed E-state index contributed by atoms with van der Waals surface area (Å²) < 4.78 is 4.95. The van der Waals surface area contributed by atoms with Crippen LogP contribution in [0.1, 0.15) is 23.9 Å². The van der Waals surface area contributed by atoms with Gasteiger partial charge in [-0.1, -0.05) is 25.2 Å². The third-order valence-electron chi connectivity index (χ3n) is 1.44. The predicted octanol–water partition coefficient (Wildman–Crippen LogP) is 1.18. The first-order chi connectivity index (χ1) is 6.22. The minimum Gasteiger partial charge on any atom is -0.377 e. The van der Waals surface area contributed by atoms with Crippen molar-refractivity contribution in [2.45, 2.75) is 33.0 Å². The van der Waals surface area contributed by atoms with Crippen LogP contribution in [0.4, 0.5) is 0 Å². The van der Waals surface area contributed by atoms with Crippen LogP contribution < -0.4 is 5.32 Å². The van der Waals surface area contributed by atoms with Gasteiger partial charge in [-0.05, 0) is 0 Å². The standard InChI is InChI=1S/C8H15N3OS/c1-6(2)9-4-7-10-11-8(13-7)5-12-3/h6,9H,4-5H2,1-3H3. The van der Waals surface area contributed by atoms with Crippen molar-refractivity contribution >= 4 is 11.3 Å². The van der Waals surface area contributed by atoms with E-state index in [4.69, 9.17) is 4.74 Å². The summed E-state index contributed by atoms with van der Waals surface area (Å²) in [5, 5.41) is 13.3. The molecule has 1 heterocycles. The van der Waals surface area contributed by atoms with E-state index >= 15 is 0 Å². The molecule has 1 rings (SSSR count). The number of aromatic nitrogens is 2. The summed E-state index contributed by atoms with van der Waals surface area (Å²) >= 11 is 1.59. The van der Waals surface area contributed by atoms with Crippen LogP contribution in [0.3, 0.4) is 0 Å². The molecule has 0 saturated carbocycles. The Morgan fingerprint density at radius 1 is 1.38 bits per heavy atom. The van der Waals surface area contributed by atoms with Gasteiger partial charge in [0.2, 0.25) is 0 Å². The number of hydrogen-bond donors (Lipinski definition) is 1. The molecule has 0 radical (unpaired) electrons. The highest BCUT2D eigenvalue weighted by Crippen LogP contribution is 2.09. The van der Waals surface area contributed by atoms with Gasteiger partial charge in [0.25, 0.3) is 0 Å². The molecule has 5 heteroatoms. The fraction of sp³-hybridized carbons (Fsp3) is 0.750. The van der Waals surface area contributed by atoms with E-state index in [1.807, 2.05) is 0 Å². The molecule has 1 aromatic rings. The van der Waals surface area contributed by atoms with Crippen LogP contribution in [0.2, 0.25) is 0 Å². The molecule has 0 unspecified atom stereocenters. The average molecular weight is 201 g/mol. The van der Waals surface area contributed by atoms with Crippen molar-refractivity contribution in [1.29, 1.82) is 0 Å². The zero-order chi connectivity index (χ0) is 9.68. The van der Waals surface area contributed by atoms with Crippen molar-refractivity contribution in [2.24, 2.45) is 0 Å². The first-order valence-electron chi connectivity index (χ1n) is 4.26. The largest absolute Gasteiger partial charge is 0.377 e. The fourth-order valence-electron chi connectivity index (χ4n) is 0.833. The van der Waals surface area contributed by atoms with Crippen molar-refractivity contribution in [2.75, 3.05) is 7.11 Å². The Hall–Kier alpha value is -0.520. The zero-order valence-electron chi connectivity index (χ0n) is 8.20. The van der Waals surface area contributed by atoms with E-state index in [1.165, 1.54) is 0 Å². The summed E-state index contributed by atoms with van der Waals surface area (Å²) in [4.78, 5) is 0. The first kappa shape index (κ1) is 10.6. The third kappa shape index (κ3) is 3.80. The van der Waals surface area contributed by atoms with Crippen molar-refractivity contribution < 1.29 is 4.74 Å². The third-order valence-corrected chi connectivity index (χ3v) is 2.33. The Bertz CT molecular complexity index is 249. The molecule has 1 aromatic heterocycles. The van der Waals surface area contributed by atoms with E-state index in [0.717, 1.165) is 16.6 Å². The summed E-state index contributed by atoms with van der Waals surface area (Å²) in [6, 6.07) is 0.481. The van der Waals surface area contributed by atoms with Gasteiger partial charge >= 0.3 is 0 Å². The summed E-state index contributed by atoms with van der Waals surface area (Å²) in [6.07, 6.45) is 0. The second-order valence-electron chi connectivity index (χ2n) is 3.06. The van der Waals surface area contributed by atoms with Gasteiger partial charge in [0.15, 0.2) is 0 Å². The SMILES string of the molecule is COCc1nnc(CNC(C)C)s1. The molecule has 1 N–H and O–H groups in total. The van der Waals surface area contributed by atoms with E-state index < -0.39 is 0 Å². The van der Waals surface area contributed by atoms with E-state index in [-0.39, 0.29) is 0 Å². The Morgan fingerprint density at radius 2 is 2.08 bits per heavy atom. The molecule has 13 heavy (non-hydrogen) atoms. The second kappa shape index (κ2) is 5.26. The van der Waals surface area contributed by atoms with Crippen molar-refractivity contribution in [1.82, 2.24) is 15.5 Å². The van der Waals surface area contributed by atoms with Crippen LogP contribution in [0, 0.1) is 0 Å². The first-order valence-corrected chi connectivity index (χ1v) is 5.07. The average Bonchev–Trinajstić information content (AvgIpc) is 2.50. The smallest absolute Gasteiger partial charge is 0.143 e. The van der Waals surface area contributed by atoms with Crippen LogP contribution in [0.15, 0.2) is 0 Å². The molecule has 74 valence electrons. The molecule has 0 aromatic carbocycles. The van der Waals surface area contributed by atoms with Crippen LogP contribution in [-0.2, 0) is 17.9 Å². The highest BCUT2D eigenvalue weighted by molar-refractivity contribution is 7.11. The highest BCUT2D eigenvalue weighted by atomic mass is 32.1. The molecule has 4 nitrogen and oxygen atoms in total. The maximum absolute atomic E-state index is 4.95. The molecular weight excluding hydrogens is 186 g/mol. The molecule has 0 bridgehead atoms. The number of ether oxygens (including phenoxy) is 1. The van der Waals surface area contributed by atoms with E-state index in [9.17, 15) is 0 Å². The normalized spacial score (nSPS) is 11.1. The lowest BCUT2D eigenvalue weighted by molar-refractivity contribution is 0.184. The minimum absolute atomic E-state index is 0.481. The lowest BCUT2D eigenvalue weighted by Gasteiger charge is -2.03. The van der Waals surface area contributed by atoms with Crippen LogP contribution >= 0.6 is 11.3 Å². The lowest BCUT2D eigenvalue weighted by Crippen LogP contribution is -2.21. The molecule has 0 fully saturated rings. The van der Waals surface area contributed by atoms with Gasteiger partial charge in [0, 0.05) is 19.7 Å². The summed E-state index contributed by atoms with van der Waals surface area (Å²) in [6.45, 7) is 5.56. The summed E-state index contributed by atoms with van der Waals surface area (Å²) in [7, 11) is 1.66. The van der Waals surface area contributed by atoms with E-state index in [0.29, 0.717) is 12.6 Å². The van der Waals surface area contributed by atoms with Gasteiger partial charge < -0.3 is 10.1 Å². The topological polar surface area (TPSA) is 47.0 Å². The minimum atomic E-state index is 0.481. The van der Waals surface area contributed by atoms with Crippen LogP contribution in [0.5, 0.6) is 0 Å². The maximum atomic E-state index is 4.95. The number of rotatable bonds is 5. The van der Waals surface area contributed by atoms with E-state index in [1.54, 1.807) is 18.4 Å². The van der Waals surface area contributed by atoms with Gasteiger partial charge in [-0.3, -0.25) is 0 Å². The monoisotopic (exact) mass is 201 g/mol. The Morgan fingerprint density at radius 3 is 2.69 bits per heavy atom. The van der Waals surface area contributed by atoms with Crippen molar-refractivity contribution in [3.8, 4) is 0 Å². The molecule has 0 amide bonds. The highest BCUT2D eigenvalue weighted by Gasteiger charge is 2.03. The summed E-state index contributed by atoms with van der Waals surface area (Å²) in [5.41, 5.74) is 0.